The van der Waals surface area contributed by atoms with Gasteiger partial charge in [-0.15, -0.1) is 12.4 Å². The van der Waals surface area contributed by atoms with Crippen LogP contribution in [0.5, 0.6) is 0 Å². The lowest BCUT2D eigenvalue weighted by molar-refractivity contribution is 0.112. The molecule has 0 aliphatic rings. The highest BCUT2D eigenvalue weighted by Gasteiger charge is 2.02. The highest BCUT2D eigenvalue weighted by atomic mass is 79.9. The average molecular weight is 246 g/mol. The summed E-state index contributed by atoms with van der Waals surface area (Å²) in [6.45, 7) is 0. The van der Waals surface area contributed by atoms with Gasteiger partial charge < -0.3 is 0 Å². The molecule has 2 nitrogen and oxygen atoms in total. The molecule has 0 fully saturated rings. The molecular weight excluding hydrogens is 241 g/mol. The molecule has 0 spiro atoms. The normalized spacial score (nSPS) is 8.00. The lowest BCUT2D eigenvalue weighted by atomic mass is 10.1. The van der Waals surface area contributed by atoms with E-state index < -0.39 is 0 Å². The Hall–Kier alpha value is -0.850. The molecule has 0 unspecified atom stereocenters. The minimum atomic E-state index is 0. The third-order valence-corrected chi connectivity index (χ3v) is 2.16. The molecule has 0 heterocycles. The number of hydrogen-bond donors (Lipinski definition) is 0. The fourth-order valence-electron chi connectivity index (χ4n) is 0.727. The van der Waals surface area contributed by atoms with E-state index >= 15 is 0 Å². The highest BCUT2D eigenvalue weighted by molar-refractivity contribution is 9.10. The molecule has 0 bridgehead atoms. The first-order valence-electron chi connectivity index (χ1n) is 2.93. The van der Waals surface area contributed by atoms with Gasteiger partial charge in [-0.1, -0.05) is 12.1 Å². The predicted molar refractivity (Wildman–Crippen MR) is 51.5 cm³/mol. The number of benzene rings is 1. The maximum absolute atomic E-state index is 10.4. The Balaban J connectivity index is 0.00000121. The minimum Gasteiger partial charge on any atom is -0.298 e. The summed E-state index contributed by atoms with van der Waals surface area (Å²) < 4.78 is 0.567. The number of hydrogen-bond acceptors (Lipinski definition) is 2. The molecule has 0 atom stereocenters. The van der Waals surface area contributed by atoms with Gasteiger partial charge in [0, 0.05) is 10.0 Å². The maximum Gasteiger partial charge on any atom is 0.151 e. The van der Waals surface area contributed by atoms with Gasteiger partial charge in [-0.25, -0.2) is 0 Å². The lowest BCUT2D eigenvalue weighted by Gasteiger charge is -1.95. The first-order valence-corrected chi connectivity index (χ1v) is 3.72. The molecule has 0 N–H and O–H groups in total. The van der Waals surface area contributed by atoms with Crippen LogP contribution in [0.4, 0.5) is 0 Å². The van der Waals surface area contributed by atoms with Crippen molar-refractivity contribution in [3.63, 3.8) is 0 Å². The van der Waals surface area contributed by atoms with Gasteiger partial charge in [0.05, 0.1) is 5.56 Å². The van der Waals surface area contributed by atoms with Crippen molar-refractivity contribution in [2.45, 2.75) is 0 Å². The van der Waals surface area contributed by atoms with Crippen LogP contribution in [-0.4, -0.2) is 6.29 Å². The number of carbonyl (C=O) groups excluding carboxylic acids is 1. The molecule has 0 saturated carbocycles. The summed E-state index contributed by atoms with van der Waals surface area (Å²) in [5, 5.41) is 8.54. The molecule has 0 saturated heterocycles. The van der Waals surface area contributed by atoms with E-state index in [2.05, 4.69) is 15.9 Å². The van der Waals surface area contributed by atoms with Gasteiger partial charge in [0.2, 0.25) is 0 Å². The SMILES string of the molecule is Cl.N#Cc1cccc(C=O)c1Br. The molecule has 1 rings (SSSR count). The Kier molecular flexibility index (Phi) is 4.57. The second-order valence-electron chi connectivity index (χ2n) is 1.94. The van der Waals surface area contributed by atoms with Crippen LogP contribution in [0.1, 0.15) is 15.9 Å². The Bertz CT molecular complexity index is 332. The fourth-order valence-corrected chi connectivity index (χ4v) is 1.17. The Morgan fingerprint density at radius 2 is 2.17 bits per heavy atom. The number of nitrogens with zero attached hydrogens (tertiary/aromatic N) is 1. The first kappa shape index (κ1) is 11.2. The lowest BCUT2D eigenvalue weighted by Crippen LogP contribution is -1.84. The summed E-state index contributed by atoms with van der Waals surface area (Å²) in [6.07, 6.45) is 0.713. The average Bonchev–Trinajstić information content (AvgIpc) is 2.05. The largest absolute Gasteiger partial charge is 0.298 e. The Morgan fingerprint density at radius 3 is 2.67 bits per heavy atom. The van der Waals surface area contributed by atoms with Crippen LogP contribution < -0.4 is 0 Å². The summed E-state index contributed by atoms with van der Waals surface area (Å²) >= 11 is 3.15. The summed E-state index contributed by atoms with van der Waals surface area (Å²) in [4.78, 5) is 10.4. The molecule has 0 amide bonds. The van der Waals surface area contributed by atoms with Crippen LogP contribution in [0, 0.1) is 11.3 Å². The number of nitriles is 1. The van der Waals surface area contributed by atoms with Crippen molar-refractivity contribution in [1.82, 2.24) is 0 Å². The van der Waals surface area contributed by atoms with Crippen LogP contribution in [-0.2, 0) is 0 Å². The highest BCUT2D eigenvalue weighted by Crippen LogP contribution is 2.19. The van der Waals surface area contributed by atoms with E-state index in [0.29, 0.717) is 21.9 Å². The third kappa shape index (κ3) is 2.07. The van der Waals surface area contributed by atoms with Crippen LogP contribution >= 0.6 is 28.3 Å². The summed E-state index contributed by atoms with van der Waals surface area (Å²) in [5.41, 5.74) is 0.985. The van der Waals surface area contributed by atoms with Crippen LogP contribution in [0.2, 0.25) is 0 Å². The fraction of sp³-hybridized carbons (Fsp3) is 0. The van der Waals surface area contributed by atoms with Gasteiger partial charge in [-0.2, -0.15) is 5.26 Å². The van der Waals surface area contributed by atoms with E-state index in [9.17, 15) is 4.79 Å². The number of halogens is 2. The van der Waals surface area contributed by atoms with Crippen LogP contribution in [0.25, 0.3) is 0 Å². The van der Waals surface area contributed by atoms with Gasteiger partial charge in [0.1, 0.15) is 6.07 Å². The smallest absolute Gasteiger partial charge is 0.151 e. The van der Waals surface area contributed by atoms with Gasteiger partial charge in [0.15, 0.2) is 6.29 Å². The van der Waals surface area contributed by atoms with E-state index in [1.807, 2.05) is 6.07 Å². The first-order chi connectivity index (χ1) is 5.29. The predicted octanol–water partition coefficient (Wildman–Crippen LogP) is 2.56. The van der Waals surface area contributed by atoms with Crippen molar-refractivity contribution >= 4 is 34.6 Å². The van der Waals surface area contributed by atoms with Gasteiger partial charge in [0.25, 0.3) is 0 Å². The molecular formula is C8H5BrClNO. The van der Waals surface area contributed by atoms with Gasteiger partial charge >= 0.3 is 0 Å². The minimum absolute atomic E-state index is 0. The van der Waals surface area contributed by atoms with Crippen molar-refractivity contribution in [2.24, 2.45) is 0 Å². The monoisotopic (exact) mass is 245 g/mol. The van der Waals surface area contributed by atoms with Crippen molar-refractivity contribution in [3.8, 4) is 6.07 Å². The quantitative estimate of drug-likeness (QED) is 0.715. The molecule has 4 heteroatoms. The molecule has 0 aliphatic carbocycles. The third-order valence-electron chi connectivity index (χ3n) is 1.28. The topological polar surface area (TPSA) is 40.9 Å². The Labute approximate surface area is 84.7 Å². The van der Waals surface area contributed by atoms with E-state index in [1.165, 1.54) is 0 Å². The van der Waals surface area contributed by atoms with Crippen molar-refractivity contribution in [1.29, 1.82) is 5.26 Å². The maximum atomic E-state index is 10.4. The zero-order chi connectivity index (χ0) is 8.27. The molecule has 0 aliphatic heterocycles. The number of rotatable bonds is 1. The summed E-state index contributed by atoms with van der Waals surface area (Å²) in [6, 6.07) is 6.94. The van der Waals surface area contributed by atoms with Gasteiger partial charge in [-0.3, -0.25) is 4.79 Å². The van der Waals surface area contributed by atoms with E-state index in [-0.39, 0.29) is 12.4 Å². The second-order valence-corrected chi connectivity index (χ2v) is 2.73. The zero-order valence-electron chi connectivity index (χ0n) is 5.95. The van der Waals surface area contributed by atoms with Crippen LogP contribution in [0.15, 0.2) is 22.7 Å². The number of carbonyl (C=O) groups is 1. The molecule has 0 aromatic heterocycles. The second kappa shape index (κ2) is 4.91. The van der Waals surface area contributed by atoms with E-state index in [0.717, 1.165) is 0 Å². The summed E-state index contributed by atoms with van der Waals surface area (Å²) in [5.74, 6) is 0. The Morgan fingerprint density at radius 1 is 1.50 bits per heavy atom. The molecule has 62 valence electrons. The van der Waals surface area contributed by atoms with E-state index in [4.69, 9.17) is 5.26 Å². The van der Waals surface area contributed by atoms with Crippen molar-refractivity contribution in [3.05, 3.63) is 33.8 Å². The molecule has 12 heavy (non-hydrogen) atoms. The van der Waals surface area contributed by atoms with Crippen LogP contribution in [0.3, 0.4) is 0 Å². The van der Waals surface area contributed by atoms with Crippen molar-refractivity contribution in [2.75, 3.05) is 0 Å². The van der Waals surface area contributed by atoms with Crippen molar-refractivity contribution < 1.29 is 4.79 Å². The summed E-state index contributed by atoms with van der Waals surface area (Å²) in [7, 11) is 0. The van der Waals surface area contributed by atoms with E-state index in [1.54, 1.807) is 18.2 Å². The molecule has 1 aromatic rings. The standard InChI is InChI=1S/C8H4BrNO.ClH/c9-8-6(4-10)2-1-3-7(8)5-11;/h1-3,5H;1H. The van der Waals surface area contributed by atoms with Gasteiger partial charge in [-0.05, 0) is 22.0 Å². The molecule has 1 aromatic carbocycles. The molecule has 0 radical (unpaired) electrons. The zero-order valence-corrected chi connectivity index (χ0v) is 8.35. The number of aldehydes is 1.